The van der Waals surface area contributed by atoms with Crippen molar-refractivity contribution in [3.05, 3.63) is 28.2 Å². The van der Waals surface area contributed by atoms with Gasteiger partial charge in [0.1, 0.15) is 0 Å². The van der Waals surface area contributed by atoms with Crippen LogP contribution in [-0.4, -0.2) is 19.8 Å². The van der Waals surface area contributed by atoms with Gasteiger partial charge in [0.05, 0.1) is 5.56 Å². The van der Waals surface area contributed by atoms with Gasteiger partial charge in [-0.3, -0.25) is 0 Å². The first-order chi connectivity index (χ1) is 8.34. The van der Waals surface area contributed by atoms with Crippen LogP contribution < -0.4 is 5.32 Å². The lowest BCUT2D eigenvalue weighted by molar-refractivity contribution is -0.137. The molecule has 102 valence electrons. The number of methoxy groups -OCH3 is 1. The van der Waals surface area contributed by atoms with Gasteiger partial charge >= 0.3 is 6.18 Å². The molecule has 0 spiro atoms. The SMILES string of the molecule is COCCC(C)Nc1ccc(Br)cc1C(F)(F)F. The molecule has 0 aromatic heterocycles. The predicted molar refractivity (Wildman–Crippen MR) is 68.7 cm³/mol. The van der Waals surface area contributed by atoms with Gasteiger partial charge in [0.2, 0.25) is 0 Å². The maximum Gasteiger partial charge on any atom is 0.418 e. The van der Waals surface area contributed by atoms with E-state index in [1.54, 1.807) is 13.2 Å². The fraction of sp³-hybridized carbons (Fsp3) is 0.500. The number of benzene rings is 1. The van der Waals surface area contributed by atoms with Crippen LogP contribution in [0.3, 0.4) is 0 Å². The molecule has 0 aliphatic carbocycles. The average molecular weight is 326 g/mol. The number of ether oxygens (including phenoxy) is 1. The molecule has 0 saturated carbocycles. The summed E-state index contributed by atoms with van der Waals surface area (Å²) >= 11 is 3.05. The van der Waals surface area contributed by atoms with Gasteiger partial charge in [-0.2, -0.15) is 13.2 Å². The zero-order chi connectivity index (χ0) is 13.8. The van der Waals surface area contributed by atoms with Crippen molar-refractivity contribution in [2.24, 2.45) is 0 Å². The van der Waals surface area contributed by atoms with Crippen LogP contribution in [-0.2, 0) is 10.9 Å². The Balaban J connectivity index is 2.88. The Hall–Kier alpha value is -0.750. The number of rotatable bonds is 5. The third-order valence-electron chi connectivity index (χ3n) is 2.44. The summed E-state index contributed by atoms with van der Waals surface area (Å²) in [5, 5.41) is 2.86. The van der Waals surface area contributed by atoms with E-state index >= 15 is 0 Å². The van der Waals surface area contributed by atoms with E-state index < -0.39 is 11.7 Å². The van der Waals surface area contributed by atoms with Gasteiger partial charge in [0.15, 0.2) is 0 Å². The van der Waals surface area contributed by atoms with E-state index in [0.29, 0.717) is 17.5 Å². The van der Waals surface area contributed by atoms with Crippen molar-refractivity contribution in [2.45, 2.75) is 25.6 Å². The summed E-state index contributed by atoms with van der Waals surface area (Å²) in [5.41, 5.74) is -0.574. The monoisotopic (exact) mass is 325 g/mol. The highest BCUT2D eigenvalue weighted by molar-refractivity contribution is 9.10. The van der Waals surface area contributed by atoms with Gasteiger partial charge in [-0.05, 0) is 31.5 Å². The third kappa shape index (κ3) is 4.49. The van der Waals surface area contributed by atoms with Gasteiger partial charge in [0.25, 0.3) is 0 Å². The van der Waals surface area contributed by atoms with Crippen molar-refractivity contribution in [1.82, 2.24) is 0 Å². The Morgan fingerprint density at radius 3 is 2.61 bits per heavy atom. The zero-order valence-electron chi connectivity index (χ0n) is 10.1. The summed E-state index contributed by atoms with van der Waals surface area (Å²) in [7, 11) is 1.56. The van der Waals surface area contributed by atoms with Crippen molar-refractivity contribution in [3.8, 4) is 0 Å². The van der Waals surface area contributed by atoms with Crippen molar-refractivity contribution >= 4 is 21.6 Å². The van der Waals surface area contributed by atoms with Gasteiger partial charge in [-0.25, -0.2) is 0 Å². The Bertz CT molecular complexity index is 395. The van der Waals surface area contributed by atoms with E-state index in [2.05, 4.69) is 21.2 Å². The van der Waals surface area contributed by atoms with Crippen LogP contribution in [0, 0.1) is 0 Å². The molecule has 0 radical (unpaired) electrons. The second-order valence-electron chi connectivity index (χ2n) is 4.01. The summed E-state index contributed by atoms with van der Waals surface area (Å²) in [6.07, 6.45) is -3.73. The average Bonchev–Trinajstić information content (AvgIpc) is 2.27. The molecular weight excluding hydrogens is 311 g/mol. The second-order valence-corrected chi connectivity index (χ2v) is 4.93. The standard InChI is InChI=1S/C12H15BrF3NO/c1-8(5-6-18-2)17-11-4-3-9(13)7-10(11)12(14,15)16/h3-4,7-8,17H,5-6H2,1-2H3. The smallest absolute Gasteiger partial charge is 0.385 e. The Morgan fingerprint density at radius 2 is 2.06 bits per heavy atom. The van der Waals surface area contributed by atoms with Crippen LogP contribution >= 0.6 is 15.9 Å². The normalized spacial score (nSPS) is 13.4. The van der Waals surface area contributed by atoms with Crippen LogP contribution in [0.15, 0.2) is 22.7 Å². The predicted octanol–water partition coefficient (Wildman–Crippen LogP) is 4.30. The zero-order valence-corrected chi connectivity index (χ0v) is 11.7. The quantitative estimate of drug-likeness (QED) is 0.871. The van der Waals surface area contributed by atoms with E-state index in [9.17, 15) is 13.2 Å². The second kappa shape index (κ2) is 6.43. The molecule has 0 aliphatic rings. The Kier molecular flexibility index (Phi) is 5.47. The minimum atomic E-state index is -4.37. The van der Waals surface area contributed by atoms with Crippen molar-refractivity contribution in [1.29, 1.82) is 0 Å². The van der Waals surface area contributed by atoms with Gasteiger partial charge in [-0.1, -0.05) is 15.9 Å². The number of hydrogen-bond donors (Lipinski definition) is 1. The minimum Gasteiger partial charge on any atom is -0.385 e. The van der Waals surface area contributed by atoms with Crippen LogP contribution in [0.25, 0.3) is 0 Å². The molecule has 1 aromatic rings. The number of anilines is 1. The first-order valence-electron chi connectivity index (χ1n) is 5.47. The largest absolute Gasteiger partial charge is 0.418 e. The Labute approximate surface area is 113 Å². The van der Waals surface area contributed by atoms with Crippen LogP contribution in [0.5, 0.6) is 0 Å². The van der Waals surface area contributed by atoms with Gasteiger partial charge < -0.3 is 10.1 Å². The summed E-state index contributed by atoms with van der Waals surface area (Å²) in [6, 6.07) is 3.99. The first-order valence-corrected chi connectivity index (χ1v) is 6.26. The molecule has 1 atom stereocenters. The summed E-state index contributed by atoms with van der Waals surface area (Å²) in [4.78, 5) is 0. The van der Waals surface area contributed by atoms with E-state index in [1.165, 1.54) is 6.07 Å². The molecule has 18 heavy (non-hydrogen) atoms. The molecule has 0 saturated heterocycles. The van der Waals surface area contributed by atoms with Crippen molar-refractivity contribution in [3.63, 3.8) is 0 Å². The molecule has 0 amide bonds. The van der Waals surface area contributed by atoms with Crippen LogP contribution in [0.4, 0.5) is 18.9 Å². The lowest BCUT2D eigenvalue weighted by Gasteiger charge is -2.19. The molecule has 1 aromatic carbocycles. The molecule has 1 N–H and O–H groups in total. The lowest BCUT2D eigenvalue weighted by atomic mass is 10.1. The summed E-state index contributed by atoms with van der Waals surface area (Å²) in [5.74, 6) is 0. The molecule has 2 nitrogen and oxygen atoms in total. The molecular formula is C12H15BrF3NO. The molecule has 0 bridgehead atoms. The first kappa shape index (κ1) is 15.3. The topological polar surface area (TPSA) is 21.3 Å². The highest BCUT2D eigenvalue weighted by Gasteiger charge is 2.33. The van der Waals surface area contributed by atoms with E-state index in [-0.39, 0.29) is 11.7 Å². The van der Waals surface area contributed by atoms with Crippen molar-refractivity contribution < 1.29 is 17.9 Å². The third-order valence-corrected chi connectivity index (χ3v) is 2.94. The summed E-state index contributed by atoms with van der Waals surface area (Å²) < 4.78 is 43.8. The van der Waals surface area contributed by atoms with Gasteiger partial charge in [0, 0.05) is 29.9 Å². The van der Waals surface area contributed by atoms with E-state index in [1.807, 2.05) is 6.92 Å². The lowest BCUT2D eigenvalue weighted by Crippen LogP contribution is -2.20. The fourth-order valence-electron chi connectivity index (χ4n) is 1.51. The van der Waals surface area contributed by atoms with Crippen LogP contribution in [0.2, 0.25) is 0 Å². The van der Waals surface area contributed by atoms with Gasteiger partial charge in [-0.15, -0.1) is 0 Å². The number of nitrogens with one attached hydrogen (secondary N) is 1. The number of halogens is 4. The number of alkyl halides is 3. The molecule has 6 heteroatoms. The maximum atomic E-state index is 12.8. The van der Waals surface area contributed by atoms with Crippen molar-refractivity contribution in [2.75, 3.05) is 19.0 Å². The molecule has 1 rings (SSSR count). The summed E-state index contributed by atoms with van der Waals surface area (Å²) in [6.45, 7) is 2.33. The van der Waals surface area contributed by atoms with E-state index in [0.717, 1.165) is 6.07 Å². The molecule has 0 aliphatic heterocycles. The minimum absolute atomic E-state index is 0.0905. The Morgan fingerprint density at radius 1 is 1.39 bits per heavy atom. The molecule has 0 fully saturated rings. The number of hydrogen-bond acceptors (Lipinski definition) is 2. The highest BCUT2D eigenvalue weighted by atomic mass is 79.9. The van der Waals surface area contributed by atoms with E-state index in [4.69, 9.17) is 4.74 Å². The fourth-order valence-corrected chi connectivity index (χ4v) is 1.87. The maximum absolute atomic E-state index is 12.8. The molecule has 0 heterocycles. The molecule has 1 unspecified atom stereocenters. The van der Waals surface area contributed by atoms with Crippen LogP contribution in [0.1, 0.15) is 18.9 Å². The highest BCUT2D eigenvalue weighted by Crippen LogP contribution is 2.36.